The molecule has 0 saturated carbocycles. The lowest BCUT2D eigenvalue weighted by molar-refractivity contribution is 0.0949. The number of rotatable bonds is 17. The van der Waals surface area contributed by atoms with Gasteiger partial charge in [-0.25, -0.2) is 0 Å². The second-order valence-corrected chi connectivity index (χ2v) is 6.29. The first-order valence-corrected chi connectivity index (χ1v) is 9.33. The van der Waals surface area contributed by atoms with Gasteiger partial charge in [0.25, 0.3) is 0 Å². The van der Waals surface area contributed by atoms with Gasteiger partial charge in [0.15, 0.2) is 0 Å². The highest BCUT2D eigenvalue weighted by atomic mass is 35.5. The van der Waals surface area contributed by atoms with E-state index in [2.05, 4.69) is 6.92 Å². The van der Waals surface area contributed by atoms with E-state index in [1.165, 1.54) is 64.2 Å². The van der Waals surface area contributed by atoms with Crippen LogP contribution in [-0.2, 0) is 4.74 Å². The monoisotopic (exact) mass is 372 g/mol. The van der Waals surface area contributed by atoms with E-state index in [0.29, 0.717) is 5.92 Å². The minimum atomic E-state index is 0. The van der Waals surface area contributed by atoms with Crippen LogP contribution in [0.4, 0.5) is 0 Å². The maximum absolute atomic E-state index is 5.73. The van der Waals surface area contributed by atoms with Gasteiger partial charge in [0.2, 0.25) is 0 Å². The van der Waals surface area contributed by atoms with Gasteiger partial charge in [-0.2, -0.15) is 0 Å². The molecule has 0 heterocycles. The molecular formula is C18H42Cl2N2O. The highest BCUT2D eigenvalue weighted by Gasteiger charge is 2.05. The van der Waals surface area contributed by atoms with Gasteiger partial charge in [0, 0.05) is 6.61 Å². The maximum Gasteiger partial charge on any atom is 0.0506 e. The van der Waals surface area contributed by atoms with Crippen LogP contribution in [0.2, 0.25) is 0 Å². The molecule has 4 N–H and O–H groups in total. The van der Waals surface area contributed by atoms with Crippen LogP contribution in [0.3, 0.4) is 0 Å². The van der Waals surface area contributed by atoms with Crippen molar-refractivity contribution in [1.29, 1.82) is 0 Å². The predicted molar refractivity (Wildman–Crippen MR) is 108 cm³/mol. The summed E-state index contributed by atoms with van der Waals surface area (Å²) in [6.45, 7) is 5.46. The molecule has 0 aromatic carbocycles. The molecule has 0 rings (SSSR count). The Labute approximate surface area is 157 Å². The van der Waals surface area contributed by atoms with Crippen molar-refractivity contribution in [3.05, 3.63) is 0 Å². The Morgan fingerprint density at radius 1 is 0.739 bits per heavy atom. The van der Waals surface area contributed by atoms with Crippen molar-refractivity contribution < 1.29 is 4.74 Å². The zero-order chi connectivity index (χ0) is 15.6. The molecule has 23 heavy (non-hydrogen) atoms. The normalized spacial score (nSPS) is 11.6. The fourth-order valence-corrected chi connectivity index (χ4v) is 2.62. The van der Waals surface area contributed by atoms with E-state index in [0.717, 1.165) is 39.1 Å². The Morgan fingerprint density at radius 3 is 1.74 bits per heavy atom. The van der Waals surface area contributed by atoms with Crippen molar-refractivity contribution >= 4 is 24.8 Å². The van der Waals surface area contributed by atoms with Crippen molar-refractivity contribution in [1.82, 2.24) is 0 Å². The third-order valence-corrected chi connectivity index (χ3v) is 4.15. The van der Waals surface area contributed by atoms with Crippen molar-refractivity contribution in [2.45, 2.75) is 84.0 Å². The molecule has 1 unspecified atom stereocenters. The number of halogens is 2. The first-order chi connectivity index (χ1) is 10.3. The van der Waals surface area contributed by atoms with E-state index in [1.54, 1.807) is 0 Å². The van der Waals surface area contributed by atoms with Crippen LogP contribution in [0.25, 0.3) is 0 Å². The number of hydrogen-bond donors (Lipinski definition) is 2. The van der Waals surface area contributed by atoms with Crippen molar-refractivity contribution in [2.75, 3.05) is 26.3 Å². The molecule has 0 saturated heterocycles. The minimum absolute atomic E-state index is 0. The lowest BCUT2D eigenvalue weighted by Crippen LogP contribution is -2.21. The Hall–Kier alpha value is 0.460. The molecule has 1 atom stereocenters. The smallest absolute Gasteiger partial charge is 0.0506 e. The van der Waals surface area contributed by atoms with E-state index < -0.39 is 0 Å². The number of nitrogens with two attached hydrogens (primary N) is 2. The average Bonchev–Trinajstić information content (AvgIpc) is 2.51. The molecule has 0 aliphatic heterocycles. The minimum Gasteiger partial charge on any atom is -0.381 e. The first kappa shape index (κ1) is 28.3. The molecule has 0 amide bonds. The molecule has 0 bridgehead atoms. The lowest BCUT2D eigenvalue weighted by atomic mass is 10.0. The Morgan fingerprint density at radius 2 is 1.26 bits per heavy atom. The molecular weight excluding hydrogens is 331 g/mol. The SMILES string of the molecule is CCCCCCCCCCCCOCC(CN)CCCN.Cl.Cl. The summed E-state index contributed by atoms with van der Waals surface area (Å²) in [5, 5.41) is 0. The van der Waals surface area contributed by atoms with Gasteiger partial charge in [0.05, 0.1) is 6.61 Å². The molecule has 0 aromatic rings. The molecule has 5 heteroatoms. The molecule has 0 fully saturated rings. The van der Waals surface area contributed by atoms with Gasteiger partial charge in [-0.3, -0.25) is 0 Å². The van der Waals surface area contributed by atoms with Crippen LogP contribution in [0.1, 0.15) is 84.0 Å². The summed E-state index contributed by atoms with van der Waals surface area (Å²) < 4.78 is 5.73. The van der Waals surface area contributed by atoms with Crippen molar-refractivity contribution in [3.8, 4) is 0 Å². The Kier molecular flexibility index (Phi) is 30.4. The summed E-state index contributed by atoms with van der Waals surface area (Å²) >= 11 is 0. The van der Waals surface area contributed by atoms with Crippen LogP contribution in [0.15, 0.2) is 0 Å². The first-order valence-electron chi connectivity index (χ1n) is 9.33. The summed E-state index contributed by atoms with van der Waals surface area (Å²) in [4.78, 5) is 0. The highest BCUT2D eigenvalue weighted by molar-refractivity contribution is 5.85. The third-order valence-electron chi connectivity index (χ3n) is 4.15. The van der Waals surface area contributed by atoms with Crippen LogP contribution < -0.4 is 11.5 Å². The van der Waals surface area contributed by atoms with Gasteiger partial charge in [0.1, 0.15) is 0 Å². The van der Waals surface area contributed by atoms with Gasteiger partial charge in [-0.15, -0.1) is 24.8 Å². The third kappa shape index (κ3) is 22.5. The summed E-state index contributed by atoms with van der Waals surface area (Å²) in [6, 6.07) is 0. The van der Waals surface area contributed by atoms with Gasteiger partial charge >= 0.3 is 0 Å². The summed E-state index contributed by atoms with van der Waals surface area (Å²) in [5.41, 5.74) is 11.3. The summed E-state index contributed by atoms with van der Waals surface area (Å²) in [7, 11) is 0. The molecule has 0 aliphatic rings. The number of hydrogen-bond acceptors (Lipinski definition) is 3. The van der Waals surface area contributed by atoms with Crippen LogP contribution >= 0.6 is 24.8 Å². The maximum atomic E-state index is 5.73. The van der Waals surface area contributed by atoms with Crippen LogP contribution in [0.5, 0.6) is 0 Å². The molecule has 0 radical (unpaired) electrons. The van der Waals surface area contributed by atoms with E-state index in [9.17, 15) is 0 Å². The topological polar surface area (TPSA) is 61.3 Å². The van der Waals surface area contributed by atoms with Crippen molar-refractivity contribution in [2.24, 2.45) is 17.4 Å². The van der Waals surface area contributed by atoms with Gasteiger partial charge in [-0.05, 0) is 38.3 Å². The van der Waals surface area contributed by atoms with Crippen molar-refractivity contribution in [3.63, 3.8) is 0 Å². The standard InChI is InChI=1S/C18H40N2O.2ClH/c1-2-3-4-5-6-7-8-9-10-11-15-21-17-18(16-20)13-12-14-19;;/h18H,2-17,19-20H2,1H3;2*1H. The lowest BCUT2D eigenvalue weighted by Gasteiger charge is -2.14. The number of unbranched alkanes of at least 4 members (excludes halogenated alkanes) is 9. The predicted octanol–water partition coefficient (Wildman–Crippen LogP) is 5.08. The molecule has 144 valence electrons. The Bertz CT molecular complexity index is 198. The molecule has 0 aliphatic carbocycles. The van der Waals surface area contributed by atoms with Gasteiger partial charge in [-0.1, -0.05) is 64.7 Å². The van der Waals surface area contributed by atoms with Gasteiger partial charge < -0.3 is 16.2 Å². The quantitative estimate of drug-likeness (QED) is 0.350. The van der Waals surface area contributed by atoms with E-state index >= 15 is 0 Å². The largest absolute Gasteiger partial charge is 0.381 e. The summed E-state index contributed by atoms with van der Waals surface area (Å²) in [5.74, 6) is 0.497. The fourth-order valence-electron chi connectivity index (χ4n) is 2.62. The fraction of sp³-hybridized carbons (Fsp3) is 1.00. The second-order valence-electron chi connectivity index (χ2n) is 6.29. The highest BCUT2D eigenvalue weighted by Crippen LogP contribution is 2.11. The Balaban J connectivity index is -0.00000200. The second kappa shape index (κ2) is 24.7. The van der Waals surface area contributed by atoms with Crippen LogP contribution in [-0.4, -0.2) is 26.3 Å². The average molecular weight is 373 g/mol. The molecule has 3 nitrogen and oxygen atoms in total. The zero-order valence-electron chi connectivity index (χ0n) is 15.3. The van der Waals surface area contributed by atoms with E-state index in [1.807, 2.05) is 0 Å². The van der Waals surface area contributed by atoms with E-state index in [4.69, 9.17) is 16.2 Å². The zero-order valence-corrected chi connectivity index (χ0v) is 16.9. The van der Waals surface area contributed by atoms with Crippen LogP contribution in [0, 0.1) is 5.92 Å². The summed E-state index contributed by atoms with van der Waals surface area (Å²) in [6.07, 6.45) is 15.9. The molecule has 0 spiro atoms. The van der Waals surface area contributed by atoms with E-state index in [-0.39, 0.29) is 24.8 Å². The number of ether oxygens (including phenoxy) is 1. The molecule has 0 aromatic heterocycles.